The van der Waals surface area contributed by atoms with Gasteiger partial charge in [-0.2, -0.15) is 15.1 Å². The number of hydrogen-bond donors (Lipinski definition) is 1. The van der Waals surface area contributed by atoms with Crippen molar-refractivity contribution in [3.05, 3.63) is 173 Å². The number of halogens is 3. The maximum Gasteiger partial charge on any atom is 1.00 e. The molecule has 0 saturated carbocycles. The Morgan fingerprint density at radius 2 is 1.11 bits per heavy atom. The molecule has 1 N–H and O–H groups in total. The van der Waals surface area contributed by atoms with E-state index >= 15 is 0 Å². The Balaban J connectivity index is 0.000000247. The van der Waals surface area contributed by atoms with Crippen LogP contribution in [0.4, 0.5) is 0 Å². The number of nitrogens with one attached hydrogen (secondary N) is 1. The number of hydrogen-bond acceptors (Lipinski definition) is 18. The van der Waals surface area contributed by atoms with Crippen molar-refractivity contribution in [1.29, 1.82) is 0 Å². The van der Waals surface area contributed by atoms with Crippen molar-refractivity contribution in [3.8, 4) is 68.4 Å². The smallest absolute Gasteiger partial charge is 1.00 e. The van der Waals surface area contributed by atoms with Gasteiger partial charge in [0.1, 0.15) is 17.4 Å². The van der Waals surface area contributed by atoms with Crippen LogP contribution in [0.5, 0.6) is 11.5 Å². The molecule has 0 spiro atoms. The molecule has 0 fully saturated rings. The second-order valence-electron chi connectivity index (χ2n) is 13.8. The monoisotopic (exact) mass is 1130 g/mol. The number of ether oxygens (including phenoxy) is 2. The van der Waals surface area contributed by atoms with E-state index in [2.05, 4.69) is 55.5 Å². The largest absolute Gasteiger partial charge is 1.00 e. The second kappa shape index (κ2) is 30.8. The maximum atomic E-state index is 8.64. The molecule has 26 heteroatoms. The first-order valence-corrected chi connectivity index (χ1v) is 23.2. The minimum atomic E-state index is -0.181. The normalized spacial score (nSPS) is 10.1. The molecule has 0 saturated heterocycles. The van der Waals surface area contributed by atoms with Gasteiger partial charge in [0.15, 0.2) is 21.6 Å². The summed E-state index contributed by atoms with van der Waals surface area (Å²) in [6.07, 6.45) is 6.91. The van der Waals surface area contributed by atoms with Gasteiger partial charge >= 0.3 is 103 Å². The minimum Gasteiger partial charge on any atom is -1.00 e. The van der Waals surface area contributed by atoms with Crippen LogP contribution in [0.3, 0.4) is 0 Å². The number of methoxy groups -OCH3 is 2. The summed E-state index contributed by atoms with van der Waals surface area (Å²) >= 11 is 24.0. The number of aromatic nitrogens is 12. The van der Waals surface area contributed by atoms with Crippen LogP contribution in [0.15, 0.2) is 160 Å². The molecule has 6 heterocycles. The van der Waals surface area contributed by atoms with Crippen molar-refractivity contribution in [2.75, 3.05) is 14.2 Å². The number of benzene rings is 4. The number of H-pyrrole nitrogens is 1. The molecule has 0 atom stereocenters. The number of carbonyl (C=O) groups is 1. The van der Waals surface area contributed by atoms with Gasteiger partial charge in [-0.3, -0.25) is 29.0 Å². The molecule has 362 valence electrons. The quantitative estimate of drug-likeness (QED) is 0.0327. The summed E-state index contributed by atoms with van der Waals surface area (Å²) in [7, 11) is 3.28. The molecule has 6 aromatic heterocycles. The molecule has 10 aromatic rings. The molecule has 19 nitrogen and oxygen atoms in total. The zero-order valence-corrected chi connectivity index (χ0v) is 49.2. The van der Waals surface area contributed by atoms with E-state index < -0.39 is 0 Å². The van der Waals surface area contributed by atoms with Gasteiger partial charge in [-0.05, 0) is 134 Å². The van der Waals surface area contributed by atoms with Crippen molar-refractivity contribution in [1.82, 2.24) is 59.8 Å². The van der Waals surface area contributed by atoms with E-state index in [1.807, 2.05) is 106 Å². The molecule has 0 amide bonds. The van der Waals surface area contributed by atoms with E-state index in [0.717, 1.165) is 51.0 Å². The van der Waals surface area contributed by atoms with Gasteiger partial charge in [0.25, 0.3) is 6.47 Å². The van der Waals surface area contributed by atoms with Gasteiger partial charge in [0, 0.05) is 62.8 Å². The third kappa shape index (κ3) is 16.7. The molecule has 73 heavy (non-hydrogen) atoms. The van der Waals surface area contributed by atoms with Gasteiger partial charge in [0.2, 0.25) is 23.4 Å². The van der Waals surface area contributed by atoms with E-state index in [1.165, 1.54) is 11.8 Å². The Bertz CT molecular complexity index is 3290. The first-order chi connectivity index (χ1) is 34.7. The fraction of sp³-hybridized carbons (Fsp3) is 0.0851. The van der Waals surface area contributed by atoms with Crippen molar-refractivity contribution in [3.63, 3.8) is 0 Å². The number of thioether (sulfide) groups is 1. The third-order valence-corrected chi connectivity index (χ3v) is 11.4. The summed E-state index contributed by atoms with van der Waals surface area (Å²) in [5, 5.41) is 34.3. The molecule has 0 aliphatic rings. The Labute approximate surface area is 527 Å². The number of aromatic amines is 1. The van der Waals surface area contributed by atoms with Crippen molar-refractivity contribution >= 4 is 65.3 Å². The molecule has 0 aliphatic carbocycles. The van der Waals surface area contributed by atoms with Crippen LogP contribution < -0.4 is 118 Å². The Kier molecular flexibility index (Phi) is 25.0. The topological polar surface area (TPSA) is 236 Å². The van der Waals surface area contributed by atoms with Crippen LogP contribution in [-0.2, 0) is 21.3 Å². The molecule has 0 aliphatic heterocycles. The van der Waals surface area contributed by atoms with Crippen LogP contribution in [0.2, 0.25) is 10.0 Å². The second-order valence-corrected chi connectivity index (χ2v) is 16.3. The first kappa shape index (κ1) is 59.4. The number of pyridine rings is 2. The molecular weight excluding hydrogens is 1090 g/mol. The van der Waals surface area contributed by atoms with E-state index in [1.54, 1.807) is 63.3 Å². The van der Waals surface area contributed by atoms with Gasteiger partial charge in [-0.15, -0.1) is 21.8 Å². The minimum absolute atomic E-state index is 0. The fourth-order valence-electron chi connectivity index (χ4n) is 6.16. The van der Waals surface area contributed by atoms with Crippen LogP contribution in [0.25, 0.3) is 56.9 Å². The van der Waals surface area contributed by atoms with Crippen molar-refractivity contribution < 1.29 is 138 Å². The first-order valence-electron chi connectivity index (χ1n) is 20.5. The van der Waals surface area contributed by atoms with Crippen LogP contribution in [-0.4, -0.2) is 80.5 Å². The van der Waals surface area contributed by atoms with E-state index in [-0.39, 0.29) is 117 Å². The summed E-state index contributed by atoms with van der Waals surface area (Å²) < 4.78 is 25.2. The predicted molar refractivity (Wildman–Crippen MR) is 267 cm³/mol. The van der Waals surface area contributed by atoms with Crippen LogP contribution in [0, 0.1) is 4.77 Å². The summed E-state index contributed by atoms with van der Waals surface area (Å²) in [6.45, 7) is -0.181. The van der Waals surface area contributed by atoms with E-state index in [4.69, 9.17) is 75.6 Å². The molecule has 0 bridgehead atoms. The number of rotatable bonds is 13. The molecule has 10 rings (SSSR count). The van der Waals surface area contributed by atoms with Gasteiger partial charge in [-0.25, -0.2) is 0 Å². The summed E-state index contributed by atoms with van der Waals surface area (Å²) in [5.41, 5.74) is 5.38. The standard InChI is InChI=1S/C23H17ClN6O2S.C14H12N4OS.C9H6Cl2N2O.CH2O3.2K.H/c1-31-19-8-6-18(7-9-19)30-22(16-10-12-25-13-11-16)27-28-23(30)33-14-20-26-21(29-32-20)15-2-4-17(24)5-3-15;1-19-12-4-2-11(3-5-12)18-13(16-17-14(18)20)10-6-8-15-9-7-10;10-5-8-12-9(13-14-8)6-1-3-7(11)4-2-6;2-1-4-3;;;/h2-13H,14H2,1H3;2-9H,1H3,(H,17,20);1-4H,5H2;1,3H;;;/q;;;;2*+1;-1/p-1. The maximum absolute atomic E-state index is 8.64. The Hall–Kier alpha value is -4.52. The Morgan fingerprint density at radius 1 is 0.658 bits per heavy atom. The summed E-state index contributed by atoms with van der Waals surface area (Å²) in [4.78, 5) is 27.9. The number of alkyl halides is 1. The van der Waals surface area contributed by atoms with E-state index in [9.17, 15) is 0 Å². The van der Waals surface area contributed by atoms with Crippen molar-refractivity contribution in [2.24, 2.45) is 0 Å². The number of carbonyl (C=O) groups excluding carboxylic acids is 1. The molecule has 0 unspecified atom stereocenters. The predicted octanol–water partition coefficient (Wildman–Crippen LogP) is 4.02. The summed E-state index contributed by atoms with van der Waals surface area (Å²) in [6, 6.07) is 37.4. The SMILES string of the molecule is COc1ccc(-n2c(-c3ccncc3)n[nH]c2=S)cc1.COc1ccc(-n2c(SCc3nc(-c4ccc(Cl)cc4)no3)nnc2-c2ccncc2)cc1.ClCc1nc(-c2ccc(Cl)cc2)no1.O=CO[O-].[H-].[K+].[K+]. The fourth-order valence-corrected chi connectivity index (χ4v) is 7.55. The Morgan fingerprint density at radius 3 is 1.56 bits per heavy atom. The van der Waals surface area contributed by atoms with E-state index in [0.29, 0.717) is 55.0 Å². The van der Waals surface area contributed by atoms with Gasteiger partial charge in [-0.1, -0.05) is 45.3 Å². The molecular formula is C47H37Cl3K2N12O7S2. The van der Waals surface area contributed by atoms with Crippen LogP contribution in [0.1, 0.15) is 13.2 Å². The molecule has 0 radical (unpaired) electrons. The molecule has 4 aromatic carbocycles. The average molecular weight is 1130 g/mol. The zero-order valence-electron chi connectivity index (χ0n) is 40.1. The van der Waals surface area contributed by atoms with Gasteiger partial charge in [0.05, 0.1) is 25.7 Å². The van der Waals surface area contributed by atoms with Crippen LogP contribution >= 0.6 is 58.8 Å². The number of nitrogens with zero attached hydrogens (tertiary/aromatic N) is 11. The third-order valence-electron chi connectivity index (χ3n) is 9.46. The summed E-state index contributed by atoms with van der Waals surface area (Å²) in [5.74, 6) is 5.62. The van der Waals surface area contributed by atoms with Gasteiger partial charge < -0.3 is 30.1 Å². The average Bonchev–Trinajstić information content (AvgIpc) is 4.27. The van der Waals surface area contributed by atoms with Crippen molar-refractivity contribution in [2.45, 2.75) is 16.8 Å². The zero-order chi connectivity index (χ0) is 50.0.